The molecule has 0 aliphatic heterocycles. The van der Waals surface area contributed by atoms with Gasteiger partial charge in [-0.1, -0.05) is 26.8 Å². The topological polar surface area (TPSA) is 55.6 Å². The van der Waals surface area contributed by atoms with Gasteiger partial charge in [0.1, 0.15) is 0 Å². The average Bonchev–Trinajstić information content (AvgIpc) is 2.25. The lowest BCUT2D eigenvalue weighted by atomic mass is 9.96. The first-order valence-corrected chi connectivity index (χ1v) is 5.55. The summed E-state index contributed by atoms with van der Waals surface area (Å²) in [5.74, 6) is -0.432. The Kier molecular flexibility index (Phi) is 4.12. The molecule has 2 N–H and O–H groups in total. The van der Waals surface area contributed by atoms with Crippen molar-refractivity contribution in [3.05, 3.63) is 29.8 Å². The number of anilines is 1. The minimum absolute atomic E-state index is 0.0960. The summed E-state index contributed by atoms with van der Waals surface area (Å²) in [5, 5.41) is 1.76. The Morgan fingerprint density at radius 2 is 2.06 bits per heavy atom. The van der Waals surface area contributed by atoms with Crippen LogP contribution in [0.25, 0.3) is 0 Å². The molecule has 0 saturated carbocycles. The molecule has 0 saturated heterocycles. The van der Waals surface area contributed by atoms with Crippen molar-refractivity contribution in [2.45, 2.75) is 20.8 Å². The van der Waals surface area contributed by atoms with Gasteiger partial charge in [0.25, 0.3) is 0 Å². The Labute approximate surface area is 102 Å². The molecule has 1 aromatic carbocycles. The van der Waals surface area contributed by atoms with E-state index in [1.165, 1.54) is 0 Å². The lowest BCUT2D eigenvalue weighted by Gasteiger charge is -2.29. The van der Waals surface area contributed by atoms with E-state index in [1.807, 2.05) is 6.07 Å². The number of nitrogens with zero attached hydrogens (tertiary/aromatic N) is 1. The lowest BCUT2D eigenvalue weighted by Crippen LogP contribution is -2.32. The standard InChI is InChI=1S/C13H20N2O2/c1-13(2,3)9-15(17-4)11-7-5-6-10(8-11)12(14)16/h5-8H,9H2,1-4H3,(H2,14,16). The molecular weight excluding hydrogens is 216 g/mol. The van der Waals surface area contributed by atoms with E-state index < -0.39 is 5.91 Å². The highest BCUT2D eigenvalue weighted by Gasteiger charge is 2.17. The second-order valence-corrected chi connectivity index (χ2v) is 5.19. The molecule has 17 heavy (non-hydrogen) atoms. The molecule has 4 heteroatoms. The number of nitrogens with two attached hydrogens (primary N) is 1. The predicted molar refractivity (Wildman–Crippen MR) is 68.8 cm³/mol. The maximum absolute atomic E-state index is 11.1. The van der Waals surface area contributed by atoms with Crippen molar-refractivity contribution in [1.82, 2.24) is 0 Å². The maximum Gasteiger partial charge on any atom is 0.248 e. The molecule has 0 fully saturated rings. The SMILES string of the molecule is CON(CC(C)(C)C)c1cccc(C(N)=O)c1. The minimum atomic E-state index is -0.432. The van der Waals surface area contributed by atoms with Crippen molar-refractivity contribution in [3.63, 3.8) is 0 Å². The monoisotopic (exact) mass is 236 g/mol. The summed E-state index contributed by atoms with van der Waals surface area (Å²) in [6.45, 7) is 7.09. The number of rotatable bonds is 4. The van der Waals surface area contributed by atoms with Crippen LogP contribution in [0.5, 0.6) is 0 Å². The highest BCUT2D eigenvalue weighted by Crippen LogP contribution is 2.22. The quantitative estimate of drug-likeness (QED) is 0.815. The van der Waals surface area contributed by atoms with Crippen LogP contribution in [0.15, 0.2) is 24.3 Å². The number of benzene rings is 1. The number of hydroxylamine groups is 1. The molecular formula is C13H20N2O2. The van der Waals surface area contributed by atoms with E-state index in [2.05, 4.69) is 20.8 Å². The highest BCUT2D eigenvalue weighted by molar-refractivity contribution is 5.93. The molecule has 0 radical (unpaired) electrons. The van der Waals surface area contributed by atoms with Crippen LogP contribution in [0.4, 0.5) is 5.69 Å². The van der Waals surface area contributed by atoms with Crippen molar-refractivity contribution in [2.75, 3.05) is 18.7 Å². The first-order chi connectivity index (χ1) is 7.83. The number of carbonyl (C=O) groups is 1. The second kappa shape index (κ2) is 5.19. The van der Waals surface area contributed by atoms with Gasteiger partial charge in [-0.15, -0.1) is 0 Å². The number of amides is 1. The molecule has 0 atom stereocenters. The summed E-state index contributed by atoms with van der Waals surface area (Å²) in [6, 6.07) is 7.11. The molecule has 0 aliphatic carbocycles. The minimum Gasteiger partial charge on any atom is -0.366 e. The molecule has 1 rings (SSSR count). The highest BCUT2D eigenvalue weighted by atomic mass is 16.7. The maximum atomic E-state index is 11.1. The van der Waals surface area contributed by atoms with Crippen molar-refractivity contribution in [2.24, 2.45) is 11.1 Å². The Morgan fingerprint density at radius 3 is 2.53 bits per heavy atom. The fourth-order valence-electron chi connectivity index (χ4n) is 1.51. The average molecular weight is 236 g/mol. The third-order valence-electron chi connectivity index (χ3n) is 2.26. The zero-order valence-corrected chi connectivity index (χ0v) is 10.9. The summed E-state index contributed by atoms with van der Waals surface area (Å²) in [7, 11) is 1.61. The number of hydrogen-bond donors (Lipinski definition) is 1. The van der Waals surface area contributed by atoms with Gasteiger partial charge in [-0.25, -0.2) is 0 Å². The summed E-state index contributed by atoms with van der Waals surface area (Å²) >= 11 is 0. The molecule has 0 bridgehead atoms. The van der Waals surface area contributed by atoms with Gasteiger partial charge >= 0.3 is 0 Å². The number of hydrogen-bond acceptors (Lipinski definition) is 3. The van der Waals surface area contributed by atoms with Crippen molar-refractivity contribution in [1.29, 1.82) is 0 Å². The number of primary amides is 1. The van der Waals surface area contributed by atoms with E-state index >= 15 is 0 Å². The van der Waals surface area contributed by atoms with Gasteiger partial charge < -0.3 is 5.73 Å². The van der Waals surface area contributed by atoms with Crippen LogP contribution in [0.2, 0.25) is 0 Å². The van der Waals surface area contributed by atoms with Crippen molar-refractivity contribution >= 4 is 11.6 Å². The Balaban J connectivity index is 2.96. The molecule has 94 valence electrons. The molecule has 0 aliphatic rings. The van der Waals surface area contributed by atoms with Crippen LogP contribution >= 0.6 is 0 Å². The predicted octanol–water partition coefficient (Wildman–Crippen LogP) is 2.20. The Hall–Kier alpha value is -1.55. The van der Waals surface area contributed by atoms with Gasteiger partial charge in [0.05, 0.1) is 19.3 Å². The van der Waals surface area contributed by atoms with E-state index in [1.54, 1.807) is 30.4 Å². The number of carbonyl (C=O) groups excluding carboxylic acids is 1. The lowest BCUT2D eigenvalue weighted by molar-refractivity contribution is 0.1000. The van der Waals surface area contributed by atoms with Gasteiger partial charge in [-0.2, -0.15) is 0 Å². The largest absolute Gasteiger partial charge is 0.366 e. The van der Waals surface area contributed by atoms with E-state index in [-0.39, 0.29) is 5.41 Å². The first-order valence-electron chi connectivity index (χ1n) is 5.55. The van der Waals surface area contributed by atoms with Crippen LogP contribution in [0.3, 0.4) is 0 Å². The van der Waals surface area contributed by atoms with Crippen molar-refractivity contribution in [3.8, 4) is 0 Å². The third-order valence-corrected chi connectivity index (χ3v) is 2.26. The van der Waals surface area contributed by atoms with Crippen LogP contribution < -0.4 is 10.8 Å². The van der Waals surface area contributed by atoms with Gasteiger partial charge in [-0.05, 0) is 23.6 Å². The van der Waals surface area contributed by atoms with E-state index in [0.29, 0.717) is 5.56 Å². The van der Waals surface area contributed by atoms with Gasteiger partial charge in [0, 0.05) is 5.56 Å². The molecule has 0 unspecified atom stereocenters. The molecule has 0 spiro atoms. The summed E-state index contributed by atoms with van der Waals surface area (Å²) < 4.78 is 0. The van der Waals surface area contributed by atoms with Crippen LogP contribution in [-0.4, -0.2) is 19.6 Å². The summed E-state index contributed by atoms with van der Waals surface area (Å²) in [6.07, 6.45) is 0. The van der Waals surface area contributed by atoms with Gasteiger partial charge in [-0.3, -0.25) is 14.7 Å². The van der Waals surface area contributed by atoms with Crippen LogP contribution in [0, 0.1) is 5.41 Å². The molecule has 0 heterocycles. The summed E-state index contributed by atoms with van der Waals surface area (Å²) in [5.41, 5.74) is 6.67. The zero-order valence-electron chi connectivity index (χ0n) is 10.9. The first kappa shape index (κ1) is 13.5. The molecule has 4 nitrogen and oxygen atoms in total. The summed E-state index contributed by atoms with van der Waals surface area (Å²) in [4.78, 5) is 16.4. The molecule has 1 amide bonds. The molecule has 1 aromatic rings. The van der Waals surface area contributed by atoms with Gasteiger partial charge in [0.15, 0.2) is 0 Å². The zero-order chi connectivity index (χ0) is 13.1. The van der Waals surface area contributed by atoms with Crippen LogP contribution in [-0.2, 0) is 4.84 Å². The normalized spacial score (nSPS) is 11.3. The Morgan fingerprint density at radius 1 is 1.41 bits per heavy atom. The molecule has 0 aromatic heterocycles. The van der Waals surface area contributed by atoms with E-state index in [0.717, 1.165) is 12.2 Å². The smallest absolute Gasteiger partial charge is 0.248 e. The van der Waals surface area contributed by atoms with E-state index in [4.69, 9.17) is 10.6 Å². The Bertz CT molecular complexity index is 397. The van der Waals surface area contributed by atoms with Crippen LogP contribution in [0.1, 0.15) is 31.1 Å². The van der Waals surface area contributed by atoms with Gasteiger partial charge in [0.2, 0.25) is 5.91 Å². The van der Waals surface area contributed by atoms with E-state index in [9.17, 15) is 4.79 Å². The van der Waals surface area contributed by atoms with Crippen molar-refractivity contribution < 1.29 is 9.63 Å². The fraction of sp³-hybridized carbons (Fsp3) is 0.462. The fourth-order valence-corrected chi connectivity index (χ4v) is 1.51. The third kappa shape index (κ3) is 4.07. The second-order valence-electron chi connectivity index (χ2n) is 5.19.